The molecule has 0 saturated carbocycles. The summed E-state index contributed by atoms with van der Waals surface area (Å²) in [6, 6.07) is 4.91. The SMILES string of the molecule is CCCN(CCO)C(=O)Nc1cc(OC)ccc1OC. The van der Waals surface area contributed by atoms with E-state index in [1.54, 1.807) is 30.2 Å². The molecule has 0 aliphatic carbocycles. The third-order valence-corrected chi connectivity index (χ3v) is 2.80. The highest BCUT2D eigenvalue weighted by atomic mass is 16.5. The standard InChI is InChI=1S/C14H22N2O4/c1-4-7-16(8-9-17)14(18)15-12-10-11(19-2)5-6-13(12)20-3/h5-6,10,17H,4,7-9H2,1-3H3,(H,15,18). The molecule has 0 unspecified atom stereocenters. The van der Waals surface area contributed by atoms with Crippen LogP contribution in [0.4, 0.5) is 10.5 Å². The number of nitrogens with one attached hydrogen (secondary N) is 1. The van der Waals surface area contributed by atoms with Crippen LogP contribution in [0.1, 0.15) is 13.3 Å². The zero-order valence-electron chi connectivity index (χ0n) is 12.2. The molecule has 2 N–H and O–H groups in total. The Hall–Kier alpha value is -1.95. The van der Waals surface area contributed by atoms with Gasteiger partial charge < -0.3 is 24.8 Å². The fourth-order valence-electron chi connectivity index (χ4n) is 1.81. The Labute approximate surface area is 119 Å². The number of amides is 2. The second kappa shape index (κ2) is 8.27. The maximum Gasteiger partial charge on any atom is 0.322 e. The molecular weight excluding hydrogens is 260 g/mol. The molecule has 1 aromatic rings. The Balaban J connectivity index is 2.86. The summed E-state index contributed by atoms with van der Waals surface area (Å²) >= 11 is 0. The minimum absolute atomic E-state index is 0.0668. The molecule has 0 aliphatic heterocycles. The van der Waals surface area contributed by atoms with Gasteiger partial charge in [0.1, 0.15) is 11.5 Å². The molecule has 0 bridgehead atoms. The lowest BCUT2D eigenvalue weighted by molar-refractivity contribution is 0.188. The number of nitrogens with zero attached hydrogens (tertiary/aromatic N) is 1. The third kappa shape index (κ3) is 4.31. The smallest absolute Gasteiger partial charge is 0.322 e. The molecule has 0 atom stereocenters. The molecule has 2 amide bonds. The van der Waals surface area contributed by atoms with Crippen molar-refractivity contribution in [2.24, 2.45) is 0 Å². The number of anilines is 1. The van der Waals surface area contributed by atoms with Crippen molar-refractivity contribution in [3.8, 4) is 11.5 Å². The van der Waals surface area contributed by atoms with Gasteiger partial charge in [-0.3, -0.25) is 0 Å². The summed E-state index contributed by atoms with van der Waals surface area (Å²) in [5, 5.41) is 11.8. The lowest BCUT2D eigenvalue weighted by Crippen LogP contribution is -2.37. The Morgan fingerprint density at radius 1 is 1.30 bits per heavy atom. The van der Waals surface area contributed by atoms with E-state index >= 15 is 0 Å². The molecule has 0 saturated heterocycles. The first-order valence-corrected chi connectivity index (χ1v) is 6.55. The summed E-state index contributed by atoms with van der Waals surface area (Å²) in [5.74, 6) is 1.19. The summed E-state index contributed by atoms with van der Waals surface area (Å²) in [6.07, 6.45) is 0.822. The van der Waals surface area contributed by atoms with Gasteiger partial charge in [-0.1, -0.05) is 6.92 Å². The molecule has 0 aromatic heterocycles. The van der Waals surface area contributed by atoms with Crippen LogP contribution in [0.15, 0.2) is 18.2 Å². The van der Waals surface area contributed by atoms with Gasteiger partial charge in [0, 0.05) is 19.2 Å². The van der Waals surface area contributed by atoms with Gasteiger partial charge >= 0.3 is 6.03 Å². The normalized spacial score (nSPS) is 10.0. The van der Waals surface area contributed by atoms with Gasteiger partial charge in [0.25, 0.3) is 0 Å². The predicted molar refractivity (Wildman–Crippen MR) is 77.5 cm³/mol. The predicted octanol–water partition coefficient (Wildman–Crippen LogP) is 1.94. The van der Waals surface area contributed by atoms with Crippen LogP contribution in [0.2, 0.25) is 0 Å². The molecule has 6 nitrogen and oxygen atoms in total. The number of hydrogen-bond donors (Lipinski definition) is 2. The Kier molecular flexibility index (Phi) is 6.66. The van der Waals surface area contributed by atoms with Crippen molar-refractivity contribution in [1.29, 1.82) is 0 Å². The highest BCUT2D eigenvalue weighted by Crippen LogP contribution is 2.29. The second-order valence-electron chi connectivity index (χ2n) is 4.21. The number of aliphatic hydroxyl groups excluding tert-OH is 1. The van der Waals surface area contributed by atoms with Gasteiger partial charge in [-0.15, -0.1) is 0 Å². The van der Waals surface area contributed by atoms with Gasteiger partial charge in [0.05, 0.1) is 26.5 Å². The molecule has 20 heavy (non-hydrogen) atoms. The summed E-state index contributed by atoms with van der Waals surface area (Å²) < 4.78 is 10.3. The van der Waals surface area contributed by atoms with Crippen LogP contribution >= 0.6 is 0 Å². The van der Waals surface area contributed by atoms with Crippen molar-refractivity contribution in [3.05, 3.63) is 18.2 Å². The molecule has 0 aliphatic rings. The Bertz CT molecular complexity index is 431. The monoisotopic (exact) mass is 282 g/mol. The van der Waals surface area contributed by atoms with Gasteiger partial charge in [0.15, 0.2) is 0 Å². The number of benzene rings is 1. The number of ether oxygens (including phenoxy) is 2. The topological polar surface area (TPSA) is 71.0 Å². The highest BCUT2D eigenvalue weighted by Gasteiger charge is 2.14. The fourth-order valence-corrected chi connectivity index (χ4v) is 1.81. The quantitative estimate of drug-likeness (QED) is 0.801. The summed E-state index contributed by atoms with van der Waals surface area (Å²) in [6.45, 7) is 2.79. The lowest BCUT2D eigenvalue weighted by atomic mass is 10.2. The van der Waals surface area contributed by atoms with E-state index < -0.39 is 0 Å². The highest BCUT2D eigenvalue weighted by molar-refractivity contribution is 5.91. The second-order valence-corrected chi connectivity index (χ2v) is 4.21. The molecule has 0 radical (unpaired) electrons. The fraction of sp³-hybridized carbons (Fsp3) is 0.500. The van der Waals surface area contributed by atoms with Crippen molar-refractivity contribution < 1.29 is 19.4 Å². The summed E-state index contributed by atoms with van der Waals surface area (Å²) in [4.78, 5) is 13.7. The van der Waals surface area contributed by atoms with E-state index in [4.69, 9.17) is 14.6 Å². The number of hydrogen-bond acceptors (Lipinski definition) is 4. The van der Waals surface area contributed by atoms with Crippen LogP contribution < -0.4 is 14.8 Å². The van der Waals surface area contributed by atoms with Gasteiger partial charge in [-0.05, 0) is 18.6 Å². The summed E-state index contributed by atoms with van der Waals surface area (Å²) in [7, 11) is 3.09. The number of methoxy groups -OCH3 is 2. The van der Waals surface area contributed by atoms with E-state index in [-0.39, 0.29) is 12.6 Å². The molecule has 0 fully saturated rings. The van der Waals surface area contributed by atoms with Crippen molar-refractivity contribution in [1.82, 2.24) is 4.90 Å². The number of carbonyl (C=O) groups excluding carboxylic acids is 1. The van der Waals surface area contributed by atoms with E-state index in [1.807, 2.05) is 6.92 Å². The molecule has 1 rings (SSSR count). The van der Waals surface area contributed by atoms with Gasteiger partial charge in [-0.25, -0.2) is 4.79 Å². The van der Waals surface area contributed by atoms with Crippen molar-refractivity contribution >= 4 is 11.7 Å². The molecular formula is C14H22N2O4. The minimum atomic E-state index is -0.271. The van der Waals surface area contributed by atoms with Crippen LogP contribution in [0.25, 0.3) is 0 Å². The first kappa shape index (κ1) is 16.1. The lowest BCUT2D eigenvalue weighted by Gasteiger charge is -2.22. The van der Waals surface area contributed by atoms with E-state index in [2.05, 4.69) is 5.32 Å². The average Bonchev–Trinajstić information content (AvgIpc) is 2.46. The first-order chi connectivity index (χ1) is 9.65. The Morgan fingerprint density at radius 2 is 2.05 bits per heavy atom. The van der Waals surface area contributed by atoms with Gasteiger partial charge in [0.2, 0.25) is 0 Å². The maximum atomic E-state index is 12.2. The van der Waals surface area contributed by atoms with Crippen LogP contribution in [0.3, 0.4) is 0 Å². The third-order valence-electron chi connectivity index (χ3n) is 2.80. The van der Waals surface area contributed by atoms with Crippen LogP contribution in [-0.4, -0.2) is 50.0 Å². The largest absolute Gasteiger partial charge is 0.497 e. The van der Waals surface area contributed by atoms with Crippen molar-refractivity contribution in [2.75, 3.05) is 39.2 Å². The zero-order valence-corrected chi connectivity index (χ0v) is 12.2. The molecule has 1 aromatic carbocycles. The number of carbonyl (C=O) groups is 1. The first-order valence-electron chi connectivity index (χ1n) is 6.55. The van der Waals surface area contributed by atoms with Crippen molar-refractivity contribution in [3.63, 3.8) is 0 Å². The number of aliphatic hydroxyl groups is 1. The van der Waals surface area contributed by atoms with Crippen LogP contribution in [-0.2, 0) is 0 Å². The van der Waals surface area contributed by atoms with E-state index in [9.17, 15) is 4.79 Å². The van der Waals surface area contributed by atoms with E-state index in [0.29, 0.717) is 30.3 Å². The average molecular weight is 282 g/mol. The van der Waals surface area contributed by atoms with E-state index in [0.717, 1.165) is 6.42 Å². The molecule has 6 heteroatoms. The Morgan fingerprint density at radius 3 is 2.60 bits per heavy atom. The molecule has 0 spiro atoms. The zero-order chi connectivity index (χ0) is 15.0. The minimum Gasteiger partial charge on any atom is -0.497 e. The number of urea groups is 1. The molecule has 0 heterocycles. The molecule has 112 valence electrons. The maximum absolute atomic E-state index is 12.2. The van der Waals surface area contributed by atoms with E-state index in [1.165, 1.54) is 7.11 Å². The van der Waals surface area contributed by atoms with Crippen LogP contribution in [0.5, 0.6) is 11.5 Å². The van der Waals surface area contributed by atoms with Crippen molar-refractivity contribution in [2.45, 2.75) is 13.3 Å². The number of rotatable bonds is 7. The van der Waals surface area contributed by atoms with Gasteiger partial charge in [-0.2, -0.15) is 0 Å². The van der Waals surface area contributed by atoms with Crippen LogP contribution in [0, 0.1) is 0 Å². The summed E-state index contributed by atoms with van der Waals surface area (Å²) in [5.41, 5.74) is 0.538.